The Labute approximate surface area is 147 Å². The number of carbonyl (C=O) groups is 1. The van der Waals surface area contributed by atoms with E-state index in [0.29, 0.717) is 31.7 Å². The molecule has 6 nitrogen and oxygen atoms in total. The molecule has 1 N–H and O–H groups in total. The van der Waals surface area contributed by atoms with Crippen LogP contribution in [0.2, 0.25) is 0 Å². The summed E-state index contributed by atoms with van der Waals surface area (Å²) in [6, 6.07) is 13.5. The molecular formula is C18H20N2O4S. The lowest BCUT2D eigenvalue weighted by Crippen LogP contribution is -2.37. The fourth-order valence-electron chi connectivity index (χ4n) is 2.86. The minimum atomic E-state index is -3.63. The number of ether oxygens (including phenoxy) is 1. The molecule has 0 spiro atoms. The molecule has 1 heterocycles. The molecule has 3 rings (SSSR count). The molecule has 0 fully saturated rings. The Morgan fingerprint density at radius 1 is 1.12 bits per heavy atom. The molecule has 0 aromatic heterocycles. The summed E-state index contributed by atoms with van der Waals surface area (Å²) >= 11 is 0. The van der Waals surface area contributed by atoms with Crippen molar-refractivity contribution in [1.82, 2.24) is 0 Å². The van der Waals surface area contributed by atoms with Crippen molar-refractivity contribution in [2.75, 3.05) is 29.9 Å². The van der Waals surface area contributed by atoms with Gasteiger partial charge in [-0.2, -0.15) is 0 Å². The van der Waals surface area contributed by atoms with Crippen molar-refractivity contribution in [2.24, 2.45) is 0 Å². The second-order valence-electron chi connectivity index (χ2n) is 5.80. The zero-order chi connectivity index (χ0) is 17.9. The first kappa shape index (κ1) is 17.4. The van der Waals surface area contributed by atoms with E-state index in [-0.39, 0.29) is 10.8 Å². The number of amides is 1. The van der Waals surface area contributed by atoms with Gasteiger partial charge in [-0.1, -0.05) is 18.2 Å². The van der Waals surface area contributed by atoms with Gasteiger partial charge < -0.3 is 9.64 Å². The molecule has 2 aromatic carbocycles. The van der Waals surface area contributed by atoms with Gasteiger partial charge in [0.25, 0.3) is 10.0 Å². The fraction of sp³-hybridized carbons (Fsp3) is 0.278. The monoisotopic (exact) mass is 360 g/mol. The van der Waals surface area contributed by atoms with E-state index in [2.05, 4.69) is 4.72 Å². The number of fused-ring (bicyclic) bond motifs is 1. The summed E-state index contributed by atoms with van der Waals surface area (Å²) < 4.78 is 32.5. The van der Waals surface area contributed by atoms with Crippen LogP contribution in [0.1, 0.15) is 12.0 Å². The van der Waals surface area contributed by atoms with Gasteiger partial charge in [0.1, 0.15) is 0 Å². The Hall–Kier alpha value is -2.38. The van der Waals surface area contributed by atoms with Gasteiger partial charge in [0, 0.05) is 31.5 Å². The second-order valence-corrected chi connectivity index (χ2v) is 7.48. The first-order valence-corrected chi connectivity index (χ1v) is 9.50. The predicted molar refractivity (Wildman–Crippen MR) is 96.2 cm³/mol. The Balaban J connectivity index is 1.85. The molecular weight excluding hydrogens is 340 g/mol. The molecule has 0 bridgehead atoms. The largest absolute Gasteiger partial charge is 0.383 e. The van der Waals surface area contributed by atoms with Gasteiger partial charge in [0.05, 0.1) is 11.5 Å². The molecule has 7 heteroatoms. The number of benzene rings is 2. The maximum atomic E-state index is 12.4. The second kappa shape index (κ2) is 7.25. The summed E-state index contributed by atoms with van der Waals surface area (Å²) in [5.41, 5.74) is 2.25. The van der Waals surface area contributed by atoms with E-state index in [1.165, 1.54) is 0 Å². The number of nitrogens with zero attached hydrogens (tertiary/aromatic N) is 1. The maximum absolute atomic E-state index is 12.4. The van der Waals surface area contributed by atoms with Crippen LogP contribution in [0.25, 0.3) is 0 Å². The normalized spacial score (nSPS) is 14.3. The average Bonchev–Trinajstić information content (AvgIpc) is 2.61. The molecule has 0 unspecified atom stereocenters. The minimum Gasteiger partial charge on any atom is -0.383 e. The van der Waals surface area contributed by atoms with Crippen molar-refractivity contribution in [3.05, 3.63) is 54.1 Å². The van der Waals surface area contributed by atoms with Crippen LogP contribution in [0, 0.1) is 0 Å². The van der Waals surface area contributed by atoms with E-state index in [9.17, 15) is 13.2 Å². The number of sulfonamides is 1. The number of aryl methyl sites for hydroxylation is 1. The Morgan fingerprint density at radius 3 is 2.60 bits per heavy atom. The highest BCUT2D eigenvalue weighted by molar-refractivity contribution is 7.92. The SMILES string of the molecule is COCCN1C(=O)CCc2cc(NS(=O)(=O)c3ccccc3)ccc21. The zero-order valence-electron chi connectivity index (χ0n) is 13.9. The Bertz CT molecular complexity index is 866. The zero-order valence-corrected chi connectivity index (χ0v) is 14.8. The number of anilines is 2. The van der Waals surface area contributed by atoms with E-state index in [0.717, 1.165) is 11.3 Å². The third-order valence-corrected chi connectivity index (χ3v) is 5.50. The average molecular weight is 360 g/mol. The Morgan fingerprint density at radius 2 is 1.88 bits per heavy atom. The van der Waals surface area contributed by atoms with Gasteiger partial charge in [-0.3, -0.25) is 9.52 Å². The summed E-state index contributed by atoms with van der Waals surface area (Å²) in [6.07, 6.45) is 1.00. The van der Waals surface area contributed by atoms with Crippen molar-refractivity contribution in [1.29, 1.82) is 0 Å². The highest BCUT2D eigenvalue weighted by Crippen LogP contribution is 2.31. The maximum Gasteiger partial charge on any atom is 0.261 e. The lowest BCUT2D eigenvalue weighted by atomic mass is 10.0. The van der Waals surface area contributed by atoms with Crippen LogP contribution in [-0.4, -0.2) is 34.6 Å². The van der Waals surface area contributed by atoms with Crippen molar-refractivity contribution >= 4 is 27.3 Å². The molecule has 0 aliphatic carbocycles. The quantitative estimate of drug-likeness (QED) is 0.858. The molecule has 2 aromatic rings. The molecule has 0 saturated heterocycles. The fourth-order valence-corrected chi connectivity index (χ4v) is 3.94. The molecule has 0 radical (unpaired) electrons. The van der Waals surface area contributed by atoms with E-state index < -0.39 is 10.0 Å². The van der Waals surface area contributed by atoms with Crippen LogP contribution in [0.15, 0.2) is 53.4 Å². The number of hydrogen-bond acceptors (Lipinski definition) is 4. The van der Waals surface area contributed by atoms with Gasteiger partial charge in [-0.05, 0) is 42.3 Å². The van der Waals surface area contributed by atoms with E-state index >= 15 is 0 Å². The summed E-state index contributed by atoms with van der Waals surface area (Å²) in [7, 11) is -2.03. The first-order chi connectivity index (χ1) is 12.0. The van der Waals surface area contributed by atoms with Crippen molar-refractivity contribution < 1.29 is 17.9 Å². The van der Waals surface area contributed by atoms with E-state index in [1.807, 2.05) is 0 Å². The third kappa shape index (κ3) is 3.83. The van der Waals surface area contributed by atoms with Crippen LogP contribution in [-0.2, 0) is 26.0 Å². The molecule has 25 heavy (non-hydrogen) atoms. The summed E-state index contributed by atoms with van der Waals surface area (Å²) in [5, 5.41) is 0. The molecule has 0 saturated carbocycles. The van der Waals surface area contributed by atoms with Crippen molar-refractivity contribution in [2.45, 2.75) is 17.7 Å². The Kier molecular flexibility index (Phi) is 5.06. The number of carbonyl (C=O) groups excluding carboxylic acids is 1. The first-order valence-electron chi connectivity index (χ1n) is 8.01. The summed E-state index contributed by atoms with van der Waals surface area (Å²) in [6.45, 7) is 0.936. The molecule has 0 atom stereocenters. The van der Waals surface area contributed by atoms with Gasteiger partial charge in [-0.15, -0.1) is 0 Å². The lowest BCUT2D eigenvalue weighted by Gasteiger charge is -2.29. The molecule has 132 valence electrons. The van der Waals surface area contributed by atoms with E-state index in [1.54, 1.807) is 60.5 Å². The number of nitrogens with one attached hydrogen (secondary N) is 1. The van der Waals surface area contributed by atoms with E-state index in [4.69, 9.17) is 4.74 Å². The van der Waals surface area contributed by atoms with Crippen LogP contribution in [0.4, 0.5) is 11.4 Å². The number of methoxy groups -OCH3 is 1. The van der Waals surface area contributed by atoms with Gasteiger partial charge in [-0.25, -0.2) is 8.42 Å². The van der Waals surface area contributed by atoms with Crippen molar-refractivity contribution in [3.63, 3.8) is 0 Å². The number of rotatable bonds is 6. The van der Waals surface area contributed by atoms with Crippen molar-refractivity contribution in [3.8, 4) is 0 Å². The van der Waals surface area contributed by atoms with Gasteiger partial charge in [0.2, 0.25) is 5.91 Å². The third-order valence-electron chi connectivity index (χ3n) is 4.10. The van der Waals surface area contributed by atoms with Crippen LogP contribution < -0.4 is 9.62 Å². The number of hydrogen-bond donors (Lipinski definition) is 1. The smallest absolute Gasteiger partial charge is 0.261 e. The summed E-state index contributed by atoms with van der Waals surface area (Å²) in [4.78, 5) is 14.0. The topological polar surface area (TPSA) is 75.7 Å². The summed E-state index contributed by atoms with van der Waals surface area (Å²) in [5.74, 6) is 0.0576. The molecule has 1 amide bonds. The molecule has 1 aliphatic heterocycles. The molecule has 1 aliphatic rings. The van der Waals surface area contributed by atoms with Crippen LogP contribution >= 0.6 is 0 Å². The van der Waals surface area contributed by atoms with Crippen LogP contribution in [0.5, 0.6) is 0 Å². The van der Waals surface area contributed by atoms with Gasteiger partial charge in [0.15, 0.2) is 0 Å². The standard InChI is InChI=1S/C18H20N2O4S/c1-24-12-11-20-17-9-8-15(13-14(17)7-10-18(20)21)19-25(22,23)16-5-3-2-4-6-16/h2-6,8-9,13,19H,7,10-12H2,1H3. The minimum absolute atomic E-state index is 0.0576. The lowest BCUT2D eigenvalue weighted by molar-refractivity contribution is -0.119. The highest BCUT2D eigenvalue weighted by Gasteiger charge is 2.24. The highest BCUT2D eigenvalue weighted by atomic mass is 32.2. The van der Waals surface area contributed by atoms with Crippen LogP contribution in [0.3, 0.4) is 0 Å². The predicted octanol–water partition coefficient (Wildman–Crippen LogP) is 2.41. The van der Waals surface area contributed by atoms with Gasteiger partial charge >= 0.3 is 0 Å².